The molecule has 0 saturated heterocycles. The third-order valence-corrected chi connectivity index (χ3v) is 8.63. The molecule has 0 radical (unpaired) electrons. The number of hydrogen-bond donors (Lipinski definition) is 1. The lowest BCUT2D eigenvalue weighted by atomic mass is 9.92. The fraction of sp³-hybridized carbons (Fsp3) is 0.250. The highest BCUT2D eigenvalue weighted by Gasteiger charge is 2.39. The number of halogens is 2. The standard InChI is InChI=1S/C28H28ClFN2O3S/c1-17-7-5-8-23(13-17)36(34,35)32-19(3)26(31-20(4)33)16-22-12-11-21(15-27(22)32)14-18(2)28-24(29)9-6-10-25(28)30/h5-15,19,26H,16H2,1-4H3,(H,31,33)/b18-14+/t19-,26-/m1/s1. The van der Waals surface area contributed by atoms with Crippen LogP contribution >= 0.6 is 11.6 Å². The van der Waals surface area contributed by atoms with E-state index >= 15 is 0 Å². The van der Waals surface area contributed by atoms with E-state index in [4.69, 9.17) is 11.6 Å². The molecule has 5 nitrogen and oxygen atoms in total. The van der Waals surface area contributed by atoms with Crippen molar-refractivity contribution in [2.75, 3.05) is 4.31 Å². The Bertz CT molecular complexity index is 1450. The Kier molecular flexibility index (Phi) is 7.25. The Morgan fingerprint density at radius 3 is 2.50 bits per heavy atom. The summed E-state index contributed by atoms with van der Waals surface area (Å²) in [6.45, 7) is 6.82. The van der Waals surface area contributed by atoms with Gasteiger partial charge in [-0.3, -0.25) is 9.10 Å². The van der Waals surface area contributed by atoms with Crippen molar-refractivity contribution in [3.05, 3.63) is 93.8 Å². The van der Waals surface area contributed by atoms with Crippen molar-refractivity contribution in [3.63, 3.8) is 0 Å². The molecule has 8 heteroatoms. The van der Waals surface area contributed by atoms with Gasteiger partial charge in [-0.15, -0.1) is 0 Å². The first-order chi connectivity index (χ1) is 17.0. The number of fused-ring (bicyclic) bond motifs is 1. The van der Waals surface area contributed by atoms with E-state index < -0.39 is 27.9 Å². The molecule has 188 valence electrons. The van der Waals surface area contributed by atoms with Gasteiger partial charge in [0.25, 0.3) is 10.0 Å². The summed E-state index contributed by atoms with van der Waals surface area (Å²) in [7, 11) is -3.95. The number of allylic oxidation sites excluding steroid dienone is 1. The highest BCUT2D eigenvalue weighted by molar-refractivity contribution is 7.92. The largest absolute Gasteiger partial charge is 0.351 e. The van der Waals surface area contributed by atoms with Gasteiger partial charge in [-0.05, 0) is 79.8 Å². The monoisotopic (exact) mass is 526 g/mol. The van der Waals surface area contributed by atoms with Crippen LogP contribution in [0.15, 0.2) is 65.6 Å². The maximum Gasteiger partial charge on any atom is 0.264 e. The Balaban J connectivity index is 1.85. The van der Waals surface area contributed by atoms with Crippen molar-refractivity contribution in [3.8, 4) is 0 Å². The first-order valence-electron chi connectivity index (χ1n) is 11.6. The van der Waals surface area contributed by atoms with Crippen LogP contribution in [0.1, 0.15) is 43.0 Å². The van der Waals surface area contributed by atoms with Gasteiger partial charge < -0.3 is 5.32 Å². The maximum absolute atomic E-state index is 14.5. The smallest absolute Gasteiger partial charge is 0.264 e. The van der Waals surface area contributed by atoms with Gasteiger partial charge in [0, 0.05) is 12.5 Å². The van der Waals surface area contributed by atoms with E-state index in [0.717, 1.165) is 11.1 Å². The Morgan fingerprint density at radius 1 is 1.11 bits per heavy atom. The van der Waals surface area contributed by atoms with E-state index in [2.05, 4.69) is 5.32 Å². The minimum atomic E-state index is -3.95. The molecule has 0 fully saturated rings. The van der Waals surface area contributed by atoms with E-state index in [1.165, 1.54) is 17.3 Å². The van der Waals surface area contributed by atoms with Gasteiger partial charge in [0.05, 0.1) is 27.7 Å². The quantitative estimate of drug-likeness (QED) is 0.415. The fourth-order valence-corrected chi connectivity index (χ4v) is 6.84. The van der Waals surface area contributed by atoms with Crippen LogP contribution < -0.4 is 9.62 Å². The summed E-state index contributed by atoms with van der Waals surface area (Å²) in [5.74, 6) is -0.648. The molecule has 1 heterocycles. The second kappa shape index (κ2) is 10.1. The first kappa shape index (κ1) is 25.9. The molecular formula is C28H28ClFN2O3S. The predicted molar refractivity (Wildman–Crippen MR) is 143 cm³/mol. The number of benzene rings is 3. The molecule has 3 aromatic carbocycles. The zero-order valence-corrected chi connectivity index (χ0v) is 22.1. The predicted octanol–water partition coefficient (Wildman–Crippen LogP) is 5.99. The summed E-state index contributed by atoms with van der Waals surface area (Å²) in [4.78, 5) is 12.1. The fourth-order valence-electron chi connectivity index (χ4n) is 4.71. The van der Waals surface area contributed by atoms with Gasteiger partial charge in [0.15, 0.2) is 0 Å². The molecule has 1 aliphatic rings. The van der Waals surface area contributed by atoms with Crippen LogP contribution in [0.25, 0.3) is 11.6 Å². The van der Waals surface area contributed by atoms with Crippen LogP contribution in [-0.4, -0.2) is 26.4 Å². The van der Waals surface area contributed by atoms with E-state index in [9.17, 15) is 17.6 Å². The van der Waals surface area contributed by atoms with Gasteiger partial charge >= 0.3 is 0 Å². The van der Waals surface area contributed by atoms with Crippen molar-refractivity contribution in [1.82, 2.24) is 5.32 Å². The third kappa shape index (κ3) is 5.04. The Morgan fingerprint density at radius 2 is 1.83 bits per heavy atom. The van der Waals surface area contributed by atoms with Crippen molar-refractivity contribution < 1.29 is 17.6 Å². The van der Waals surface area contributed by atoms with Crippen LogP contribution in [0.2, 0.25) is 5.02 Å². The number of nitrogens with one attached hydrogen (secondary N) is 1. The highest BCUT2D eigenvalue weighted by atomic mass is 35.5. The van der Waals surface area contributed by atoms with Crippen LogP contribution in [0.4, 0.5) is 10.1 Å². The van der Waals surface area contributed by atoms with Gasteiger partial charge in [-0.2, -0.15) is 0 Å². The van der Waals surface area contributed by atoms with Gasteiger partial charge in [0.2, 0.25) is 5.91 Å². The van der Waals surface area contributed by atoms with Gasteiger partial charge in [-0.1, -0.05) is 48.0 Å². The molecule has 1 amide bonds. The molecule has 3 aromatic rings. The number of carbonyl (C=O) groups excluding carboxylic acids is 1. The van der Waals surface area contributed by atoms with Crippen molar-refractivity contribution in [1.29, 1.82) is 0 Å². The molecular weight excluding hydrogens is 499 g/mol. The van der Waals surface area contributed by atoms with E-state index in [1.54, 1.807) is 56.3 Å². The zero-order valence-electron chi connectivity index (χ0n) is 20.5. The summed E-state index contributed by atoms with van der Waals surface area (Å²) in [6.07, 6.45) is 2.27. The molecule has 2 atom stereocenters. The maximum atomic E-state index is 14.5. The summed E-state index contributed by atoms with van der Waals surface area (Å²) in [5.41, 5.74) is 3.79. The van der Waals surface area contributed by atoms with Crippen LogP contribution in [-0.2, 0) is 21.2 Å². The topological polar surface area (TPSA) is 66.5 Å². The molecule has 36 heavy (non-hydrogen) atoms. The summed E-state index contributed by atoms with van der Waals surface area (Å²) >= 11 is 6.24. The lowest BCUT2D eigenvalue weighted by Crippen LogP contribution is -2.56. The van der Waals surface area contributed by atoms with Gasteiger partial charge in [0.1, 0.15) is 5.82 Å². The summed E-state index contributed by atoms with van der Waals surface area (Å²) in [6, 6.07) is 15.9. The van der Waals surface area contributed by atoms with Crippen molar-refractivity contribution in [2.24, 2.45) is 0 Å². The van der Waals surface area contributed by atoms with Crippen LogP contribution in [0, 0.1) is 12.7 Å². The minimum Gasteiger partial charge on any atom is -0.351 e. The molecule has 0 aromatic heterocycles. The first-order valence-corrected chi connectivity index (χ1v) is 13.4. The van der Waals surface area contributed by atoms with Crippen molar-refractivity contribution in [2.45, 2.75) is 51.1 Å². The third-order valence-electron chi connectivity index (χ3n) is 6.41. The average Bonchev–Trinajstić information content (AvgIpc) is 2.79. The van der Waals surface area contributed by atoms with Crippen molar-refractivity contribution >= 4 is 44.9 Å². The minimum absolute atomic E-state index is 0.180. The highest BCUT2D eigenvalue weighted by Crippen LogP contribution is 2.37. The molecule has 0 spiro atoms. The molecule has 0 saturated carbocycles. The number of rotatable bonds is 5. The van der Waals surface area contributed by atoms with Crippen LogP contribution in [0.5, 0.6) is 0 Å². The Hall–Kier alpha value is -3.16. The second-order valence-electron chi connectivity index (χ2n) is 9.18. The number of anilines is 1. The van der Waals surface area contributed by atoms with E-state index in [1.807, 2.05) is 25.1 Å². The average molecular weight is 527 g/mol. The lowest BCUT2D eigenvalue weighted by Gasteiger charge is -2.41. The molecule has 0 bridgehead atoms. The lowest BCUT2D eigenvalue weighted by molar-refractivity contribution is -0.119. The number of sulfonamides is 1. The SMILES string of the molecule is CC(=O)N[C@@H]1Cc2ccc(/C=C(\C)c3c(F)cccc3Cl)cc2N(S(=O)(=O)c2cccc(C)c2)[C@@H]1C. The Labute approximate surface area is 216 Å². The van der Waals surface area contributed by atoms with E-state index in [0.29, 0.717) is 33.8 Å². The number of amides is 1. The molecule has 4 rings (SSSR count). The molecule has 0 aliphatic carbocycles. The number of aryl methyl sites for hydroxylation is 1. The normalized spacial score (nSPS) is 18.1. The zero-order chi connectivity index (χ0) is 26.2. The van der Waals surface area contributed by atoms with Gasteiger partial charge in [-0.25, -0.2) is 12.8 Å². The van der Waals surface area contributed by atoms with E-state index in [-0.39, 0.29) is 10.8 Å². The second-order valence-corrected chi connectivity index (χ2v) is 11.4. The number of nitrogens with zero attached hydrogens (tertiary/aromatic N) is 1. The number of hydrogen-bond acceptors (Lipinski definition) is 3. The molecule has 1 N–H and O–H groups in total. The molecule has 1 aliphatic heterocycles. The summed E-state index contributed by atoms with van der Waals surface area (Å²) in [5, 5.41) is 3.21. The van der Waals surface area contributed by atoms with Crippen LogP contribution in [0.3, 0.4) is 0 Å². The summed E-state index contributed by atoms with van der Waals surface area (Å²) < 4.78 is 43.7. The molecule has 0 unspecified atom stereocenters. The number of carbonyl (C=O) groups is 1.